The number of hydrogen-bond donors (Lipinski definition) is 1. The van der Waals surface area contributed by atoms with Gasteiger partial charge in [0.25, 0.3) is 0 Å². The minimum atomic E-state index is 0.727. The Balaban J connectivity index is 2.31. The van der Waals surface area contributed by atoms with Gasteiger partial charge in [0, 0.05) is 12.1 Å². The zero-order valence-electron chi connectivity index (χ0n) is 10.8. The Hall–Kier alpha value is -0.0800. The average molecular weight is 212 g/mol. The quantitative estimate of drug-likeness (QED) is 0.681. The molecule has 1 N–H and O–H groups in total. The largest absolute Gasteiger partial charge is 0.315 e. The van der Waals surface area contributed by atoms with Crippen molar-refractivity contribution in [3.8, 4) is 0 Å². The fourth-order valence-electron chi connectivity index (χ4n) is 2.75. The van der Waals surface area contributed by atoms with Gasteiger partial charge < -0.3 is 10.2 Å². The standard InChI is InChI=1S/C13H28N2/c1-4-5-8-11-15(3)13-10-7-6-9-12(13)14-2/h12-14H,4-11H2,1-3H3. The summed E-state index contributed by atoms with van der Waals surface area (Å²) in [6, 6.07) is 1.51. The van der Waals surface area contributed by atoms with E-state index in [1.54, 1.807) is 0 Å². The van der Waals surface area contributed by atoms with Crippen molar-refractivity contribution in [1.82, 2.24) is 10.2 Å². The smallest absolute Gasteiger partial charge is 0.0246 e. The molecule has 2 heteroatoms. The van der Waals surface area contributed by atoms with Crippen LogP contribution >= 0.6 is 0 Å². The molecule has 0 radical (unpaired) electrons. The molecule has 90 valence electrons. The van der Waals surface area contributed by atoms with Gasteiger partial charge in [-0.1, -0.05) is 32.6 Å². The topological polar surface area (TPSA) is 15.3 Å². The van der Waals surface area contributed by atoms with Crippen LogP contribution in [0.2, 0.25) is 0 Å². The van der Waals surface area contributed by atoms with E-state index in [4.69, 9.17) is 0 Å². The fraction of sp³-hybridized carbons (Fsp3) is 1.00. The van der Waals surface area contributed by atoms with Gasteiger partial charge in [0.15, 0.2) is 0 Å². The molecule has 0 bridgehead atoms. The molecular weight excluding hydrogens is 184 g/mol. The lowest BCUT2D eigenvalue weighted by Crippen LogP contribution is -2.49. The first-order chi connectivity index (χ1) is 7.29. The Kier molecular flexibility index (Phi) is 6.26. The molecule has 15 heavy (non-hydrogen) atoms. The van der Waals surface area contributed by atoms with E-state index < -0.39 is 0 Å². The molecule has 0 spiro atoms. The van der Waals surface area contributed by atoms with Gasteiger partial charge in [-0.2, -0.15) is 0 Å². The van der Waals surface area contributed by atoms with Crippen LogP contribution in [-0.2, 0) is 0 Å². The Bertz CT molecular complexity index is 159. The fourth-order valence-corrected chi connectivity index (χ4v) is 2.75. The molecule has 0 aromatic rings. The summed E-state index contributed by atoms with van der Waals surface area (Å²) in [5.74, 6) is 0. The molecule has 0 heterocycles. The molecule has 0 aromatic heterocycles. The Morgan fingerprint density at radius 3 is 2.60 bits per heavy atom. The average Bonchev–Trinajstić information content (AvgIpc) is 2.29. The summed E-state index contributed by atoms with van der Waals surface area (Å²) in [5, 5.41) is 3.48. The van der Waals surface area contributed by atoms with Crippen molar-refractivity contribution >= 4 is 0 Å². The van der Waals surface area contributed by atoms with Gasteiger partial charge in [0.05, 0.1) is 0 Å². The number of unbranched alkanes of at least 4 members (excludes halogenated alkanes) is 2. The van der Waals surface area contributed by atoms with Crippen LogP contribution in [0, 0.1) is 0 Å². The van der Waals surface area contributed by atoms with E-state index in [9.17, 15) is 0 Å². The zero-order chi connectivity index (χ0) is 11.1. The van der Waals surface area contributed by atoms with E-state index in [1.807, 2.05) is 0 Å². The summed E-state index contributed by atoms with van der Waals surface area (Å²) in [6.45, 7) is 3.55. The number of nitrogens with zero attached hydrogens (tertiary/aromatic N) is 1. The van der Waals surface area contributed by atoms with E-state index in [2.05, 4.69) is 31.2 Å². The van der Waals surface area contributed by atoms with Crippen molar-refractivity contribution in [3.05, 3.63) is 0 Å². The summed E-state index contributed by atoms with van der Waals surface area (Å²) in [7, 11) is 4.42. The second-order valence-corrected chi connectivity index (χ2v) is 4.93. The molecule has 0 amide bonds. The van der Waals surface area contributed by atoms with Gasteiger partial charge in [-0.15, -0.1) is 0 Å². The summed E-state index contributed by atoms with van der Waals surface area (Å²) < 4.78 is 0. The molecule has 2 atom stereocenters. The minimum Gasteiger partial charge on any atom is -0.315 e. The van der Waals surface area contributed by atoms with Gasteiger partial charge in [-0.3, -0.25) is 0 Å². The third-order valence-corrected chi connectivity index (χ3v) is 3.78. The first-order valence-corrected chi connectivity index (χ1v) is 6.67. The highest BCUT2D eigenvalue weighted by atomic mass is 15.2. The zero-order valence-corrected chi connectivity index (χ0v) is 10.8. The summed E-state index contributed by atoms with van der Waals surface area (Å²) in [6.07, 6.45) is 9.63. The Labute approximate surface area is 95.4 Å². The maximum absolute atomic E-state index is 3.48. The third-order valence-electron chi connectivity index (χ3n) is 3.78. The predicted molar refractivity (Wildman–Crippen MR) is 67.3 cm³/mol. The number of nitrogens with one attached hydrogen (secondary N) is 1. The maximum atomic E-state index is 3.48. The highest BCUT2D eigenvalue weighted by molar-refractivity contribution is 4.86. The van der Waals surface area contributed by atoms with Gasteiger partial charge in [0.1, 0.15) is 0 Å². The number of rotatable bonds is 6. The van der Waals surface area contributed by atoms with Crippen molar-refractivity contribution in [2.24, 2.45) is 0 Å². The lowest BCUT2D eigenvalue weighted by Gasteiger charge is -2.38. The molecule has 0 aromatic carbocycles. The van der Waals surface area contributed by atoms with Crippen LogP contribution in [-0.4, -0.2) is 37.6 Å². The summed E-state index contributed by atoms with van der Waals surface area (Å²) in [4.78, 5) is 2.58. The highest BCUT2D eigenvalue weighted by Gasteiger charge is 2.26. The molecule has 0 saturated heterocycles. The van der Waals surface area contributed by atoms with Crippen molar-refractivity contribution in [3.63, 3.8) is 0 Å². The first-order valence-electron chi connectivity index (χ1n) is 6.67. The van der Waals surface area contributed by atoms with Crippen LogP contribution in [0.25, 0.3) is 0 Å². The minimum absolute atomic E-state index is 0.727. The van der Waals surface area contributed by atoms with Crippen molar-refractivity contribution < 1.29 is 0 Å². The lowest BCUT2D eigenvalue weighted by atomic mass is 9.89. The van der Waals surface area contributed by atoms with Crippen LogP contribution in [0.15, 0.2) is 0 Å². The SMILES string of the molecule is CCCCCN(C)C1CCCCC1NC. The van der Waals surface area contributed by atoms with E-state index in [1.165, 1.54) is 51.5 Å². The molecular formula is C13H28N2. The lowest BCUT2D eigenvalue weighted by molar-refractivity contribution is 0.152. The molecule has 0 aliphatic heterocycles. The van der Waals surface area contributed by atoms with E-state index in [0.29, 0.717) is 0 Å². The second-order valence-electron chi connectivity index (χ2n) is 4.93. The van der Waals surface area contributed by atoms with Crippen molar-refractivity contribution in [2.75, 3.05) is 20.6 Å². The summed E-state index contributed by atoms with van der Waals surface area (Å²) >= 11 is 0. The maximum Gasteiger partial charge on any atom is 0.0246 e. The molecule has 2 nitrogen and oxygen atoms in total. The van der Waals surface area contributed by atoms with Gasteiger partial charge >= 0.3 is 0 Å². The number of hydrogen-bond acceptors (Lipinski definition) is 2. The normalized spacial score (nSPS) is 27.2. The van der Waals surface area contributed by atoms with E-state index >= 15 is 0 Å². The van der Waals surface area contributed by atoms with E-state index in [-0.39, 0.29) is 0 Å². The Morgan fingerprint density at radius 2 is 1.93 bits per heavy atom. The van der Waals surface area contributed by atoms with Gasteiger partial charge in [-0.05, 0) is 39.9 Å². The van der Waals surface area contributed by atoms with Crippen LogP contribution in [0.5, 0.6) is 0 Å². The number of likely N-dealkylation sites (N-methyl/N-ethyl adjacent to an activating group) is 2. The van der Waals surface area contributed by atoms with Crippen LogP contribution in [0.4, 0.5) is 0 Å². The molecule has 1 aliphatic carbocycles. The second kappa shape index (κ2) is 7.24. The highest BCUT2D eigenvalue weighted by Crippen LogP contribution is 2.22. The molecule has 1 aliphatic rings. The molecule has 2 unspecified atom stereocenters. The van der Waals surface area contributed by atoms with E-state index in [0.717, 1.165) is 12.1 Å². The van der Waals surface area contributed by atoms with Crippen LogP contribution < -0.4 is 5.32 Å². The van der Waals surface area contributed by atoms with Gasteiger partial charge in [-0.25, -0.2) is 0 Å². The summed E-state index contributed by atoms with van der Waals surface area (Å²) in [5.41, 5.74) is 0. The van der Waals surface area contributed by atoms with Crippen LogP contribution in [0.1, 0.15) is 51.9 Å². The monoisotopic (exact) mass is 212 g/mol. The van der Waals surface area contributed by atoms with Crippen molar-refractivity contribution in [2.45, 2.75) is 64.0 Å². The Morgan fingerprint density at radius 1 is 1.20 bits per heavy atom. The molecule has 1 fully saturated rings. The molecule has 1 rings (SSSR count). The van der Waals surface area contributed by atoms with Gasteiger partial charge in [0.2, 0.25) is 0 Å². The third kappa shape index (κ3) is 4.12. The molecule has 1 saturated carbocycles. The first kappa shape index (κ1) is 13.0. The van der Waals surface area contributed by atoms with Crippen LogP contribution in [0.3, 0.4) is 0 Å². The predicted octanol–water partition coefficient (Wildman–Crippen LogP) is 2.64. The van der Waals surface area contributed by atoms with Crippen molar-refractivity contribution in [1.29, 1.82) is 0 Å².